The van der Waals surface area contributed by atoms with E-state index in [1.165, 1.54) is 12.1 Å². The van der Waals surface area contributed by atoms with Crippen LogP contribution in [0.25, 0.3) is 0 Å². The zero-order chi connectivity index (χ0) is 24.4. The fourth-order valence-corrected chi connectivity index (χ4v) is 4.88. The Labute approximate surface area is 208 Å². The van der Waals surface area contributed by atoms with Crippen LogP contribution in [0.1, 0.15) is 24.1 Å². The van der Waals surface area contributed by atoms with Crippen molar-refractivity contribution in [3.63, 3.8) is 0 Å². The Hall–Kier alpha value is -2.69. The summed E-state index contributed by atoms with van der Waals surface area (Å²) in [4.78, 5) is 26.2. The minimum atomic E-state index is -0.532. The number of fused-ring (bicyclic) bond motifs is 1. The minimum absolute atomic E-state index is 0.0473. The first-order valence-electron chi connectivity index (χ1n) is 12.0. The maximum absolute atomic E-state index is 13.8. The Morgan fingerprint density at radius 1 is 1.29 bits per heavy atom. The lowest BCUT2D eigenvalue weighted by Crippen LogP contribution is -2.51. The van der Waals surface area contributed by atoms with Crippen LogP contribution >= 0.6 is 11.6 Å². The first kappa shape index (κ1) is 24.0. The molecule has 0 aliphatic carbocycles. The zero-order valence-corrected chi connectivity index (χ0v) is 20.4. The number of likely N-dealkylation sites (N-methyl/N-ethyl adjacent to an activating group) is 1. The number of amides is 2. The number of hydrogen-bond donors (Lipinski definition) is 2. The monoisotopic (exact) mass is 504 g/mol. The Morgan fingerprint density at radius 2 is 2.11 bits per heavy atom. The molecule has 9 nitrogen and oxygen atoms in total. The highest BCUT2D eigenvalue weighted by molar-refractivity contribution is 6.30. The molecular weight excluding hydrogens is 475 g/mol. The molecule has 1 aromatic carbocycles. The van der Waals surface area contributed by atoms with Gasteiger partial charge >= 0.3 is 6.03 Å². The lowest BCUT2D eigenvalue weighted by Gasteiger charge is -2.31. The molecule has 1 aromatic heterocycles. The second kappa shape index (κ2) is 10.5. The van der Waals surface area contributed by atoms with E-state index in [0.29, 0.717) is 50.3 Å². The van der Waals surface area contributed by atoms with Crippen LogP contribution in [-0.2, 0) is 17.7 Å². The van der Waals surface area contributed by atoms with Crippen molar-refractivity contribution >= 4 is 23.6 Å². The van der Waals surface area contributed by atoms with Gasteiger partial charge in [0.2, 0.25) is 5.95 Å². The molecule has 0 spiro atoms. The van der Waals surface area contributed by atoms with Gasteiger partial charge < -0.3 is 29.9 Å². The molecular formula is C24H30ClFN6O3. The fraction of sp³-hybridized carbons (Fsp3) is 0.542. The van der Waals surface area contributed by atoms with Gasteiger partial charge in [0.1, 0.15) is 17.7 Å². The molecule has 0 unspecified atom stereocenters. The Bertz CT molecular complexity index is 1070. The summed E-state index contributed by atoms with van der Waals surface area (Å²) in [6, 6.07) is 4.28. The molecule has 4 heterocycles. The number of urea groups is 1. The Balaban J connectivity index is 1.21. The Morgan fingerprint density at radius 3 is 2.91 bits per heavy atom. The number of hydrogen-bond acceptors (Lipinski definition) is 7. The van der Waals surface area contributed by atoms with Crippen molar-refractivity contribution in [1.29, 1.82) is 0 Å². The van der Waals surface area contributed by atoms with Gasteiger partial charge in [-0.3, -0.25) is 0 Å². The quantitative estimate of drug-likeness (QED) is 0.647. The number of aromatic nitrogens is 2. The fourth-order valence-electron chi connectivity index (χ4n) is 4.77. The molecule has 0 radical (unpaired) electrons. The number of ether oxygens (including phenoxy) is 2. The minimum Gasteiger partial charge on any atom is -0.487 e. The van der Waals surface area contributed by atoms with Gasteiger partial charge in [-0.1, -0.05) is 11.6 Å². The number of halogens is 2. The molecule has 2 fully saturated rings. The van der Waals surface area contributed by atoms with Crippen LogP contribution in [-0.4, -0.2) is 83.9 Å². The van der Waals surface area contributed by atoms with Crippen molar-refractivity contribution in [3.05, 3.63) is 46.5 Å². The second-order valence-corrected chi connectivity index (χ2v) is 9.78. The van der Waals surface area contributed by atoms with Gasteiger partial charge in [0.25, 0.3) is 0 Å². The summed E-state index contributed by atoms with van der Waals surface area (Å²) in [7, 11) is 1.96. The molecule has 11 heteroatoms. The molecule has 5 rings (SSSR count). The zero-order valence-electron chi connectivity index (χ0n) is 19.7. The van der Waals surface area contributed by atoms with Crippen molar-refractivity contribution in [3.8, 4) is 5.75 Å². The SMILES string of the molecule is CN1C[C@@H](NC(=O)N2CCc3cnc(NC4CCOCC4)nc3C2)[C@H](Oc2ccc(Cl)c(F)c2)C1. The molecule has 0 bridgehead atoms. The lowest BCUT2D eigenvalue weighted by atomic mass is 10.1. The highest BCUT2D eigenvalue weighted by Crippen LogP contribution is 2.24. The van der Waals surface area contributed by atoms with E-state index >= 15 is 0 Å². The van der Waals surface area contributed by atoms with Crippen LogP contribution in [0.3, 0.4) is 0 Å². The first-order chi connectivity index (χ1) is 16.9. The number of nitrogens with zero attached hydrogens (tertiary/aromatic N) is 4. The topological polar surface area (TPSA) is 91.9 Å². The van der Waals surface area contributed by atoms with E-state index in [2.05, 4.69) is 20.5 Å². The largest absolute Gasteiger partial charge is 0.487 e. The van der Waals surface area contributed by atoms with Gasteiger partial charge in [-0.2, -0.15) is 0 Å². The maximum atomic E-state index is 13.8. The van der Waals surface area contributed by atoms with Gasteiger partial charge in [0, 0.05) is 51.2 Å². The van der Waals surface area contributed by atoms with Crippen LogP contribution in [0, 0.1) is 5.82 Å². The molecule has 188 valence electrons. The van der Waals surface area contributed by atoms with Crippen molar-refractivity contribution in [2.45, 2.75) is 44.0 Å². The van der Waals surface area contributed by atoms with Gasteiger partial charge in [0.15, 0.2) is 0 Å². The summed E-state index contributed by atoms with van der Waals surface area (Å²) in [6.45, 7) is 3.74. The van der Waals surface area contributed by atoms with Gasteiger partial charge in [-0.15, -0.1) is 0 Å². The van der Waals surface area contributed by atoms with E-state index in [1.54, 1.807) is 11.0 Å². The summed E-state index contributed by atoms with van der Waals surface area (Å²) >= 11 is 5.78. The van der Waals surface area contributed by atoms with Crippen LogP contribution in [0.15, 0.2) is 24.4 Å². The van der Waals surface area contributed by atoms with Crippen molar-refractivity contribution in [1.82, 2.24) is 25.1 Å². The van der Waals surface area contributed by atoms with Gasteiger partial charge in [0.05, 0.1) is 23.3 Å². The number of carbonyl (C=O) groups excluding carboxylic acids is 1. The number of likely N-dealkylation sites (tertiary alicyclic amines) is 1. The number of anilines is 1. The molecule has 2 N–H and O–H groups in total. The van der Waals surface area contributed by atoms with E-state index in [4.69, 9.17) is 26.1 Å². The standard InChI is InChI=1S/C24H30ClFN6O3/c1-31-12-21(22(14-31)35-17-2-3-18(25)19(26)10-17)30-24(33)32-7-4-15-11-27-23(29-20(15)13-32)28-16-5-8-34-9-6-16/h2-3,10-11,16,21-22H,4-9,12-14H2,1H3,(H,30,33)(H,27,28,29)/t21-,22-/m1/s1. The van der Waals surface area contributed by atoms with Gasteiger partial charge in [-0.05, 0) is 44.0 Å². The third-order valence-corrected chi connectivity index (χ3v) is 7.03. The highest BCUT2D eigenvalue weighted by atomic mass is 35.5. The van der Waals surface area contributed by atoms with Crippen LogP contribution in [0.2, 0.25) is 5.02 Å². The molecule has 2 aromatic rings. The third-order valence-electron chi connectivity index (χ3n) is 6.72. The lowest BCUT2D eigenvalue weighted by molar-refractivity contribution is 0.0903. The summed E-state index contributed by atoms with van der Waals surface area (Å²) in [5.74, 6) is 0.453. The average Bonchev–Trinajstić information content (AvgIpc) is 3.19. The van der Waals surface area contributed by atoms with Crippen LogP contribution in [0.5, 0.6) is 5.75 Å². The second-order valence-electron chi connectivity index (χ2n) is 9.38. The number of nitrogens with one attached hydrogen (secondary N) is 2. The molecule has 2 saturated heterocycles. The Kier molecular flexibility index (Phi) is 7.22. The summed E-state index contributed by atoms with van der Waals surface area (Å²) in [5, 5.41) is 6.56. The average molecular weight is 505 g/mol. The highest BCUT2D eigenvalue weighted by Gasteiger charge is 2.35. The normalized spacial score (nSPS) is 23.1. The summed E-state index contributed by atoms with van der Waals surface area (Å²) in [6.07, 6.45) is 4.11. The molecule has 3 aliphatic rings. The van der Waals surface area contributed by atoms with E-state index in [9.17, 15) is 9.18 Å². The molecule has 2 amide bonds. The summed E-state index contributed by atoms with van der Waals surface area (Å²) in [5.41, 5.74) is 1.93. The predicted octanol–water partition coefficient (Wildman–Crippen LogP) is 2.69. The number of rotatable bonds is 5. The van der Waals surface area contributed by atoms with Crippen LogP contribution < -0.4 is 15.4 Å². The molecule has 2 atom stereocenters. The molecule has 0 saturated carbocycles. The van der Waals surface area contributed by atoms with Crippen molar-refractivity contribution < 1.29 is 18.7 Å². The van der Waals surface area contributed by atoms with E-state index in [0.717, 1.165) is 37.3 Å². The van der Waals surface area contributed by atoms with E-state index in [-0.39, 0.29) is 23.2 Å². The van der Waals surface area contributed by atoms with E-state index in [1.807, 2.05) is 13.2 Å². The predicted molar refractivity (Wildman–Crippen MR) is 129 cm³/mol. The van der Waals surface area contributed by atoms with Crippen molar-refractivity contribution in [2.75, 3.05) is 45.2 Å². The number of carbonyl (C=O) groups is 1. The van der Waals surface area contributed by atoms with Gasteiger partial charge in [-0.25, -0.2) is 19.2 Å². The third kappa shape index (κ3) is 5.76. The maximum Gasteiger partial charge on any atom is 0.318 e. The van der Waals surface area contributed by atoms with E-state index < -0.39 is 5.82 Å². The van der Waals surface area contributed by atoms with Crippen molar-refractivity contribution in [2.24, 2.45) is 0 Å². The van der Waals surface area contributed by atoms with Crippen LogP contribution in [0.4, 0.5) is 15.1 Å². The first-order valence-corrected chi connectivity index (χ1v) is 12.4. The number of benzene rings is 1. The molecule has 3 aliphatic heterocycles. The smallest absolute Gasteiger partial charge is 0.318 e. The molecule has 35 heavy (non-hydrogen) atoms. The summed E-state index contributed by atoms with van der Waals surface area (Å²) < 4.78 is 25.3.